The number of hydrogen-bond donors (Lipinski definition) is 1. The van der Waals surface area contributed by atoms with E-state index in [2.05, 4.69) is 0 Å². The van der Waals surface area contributed by atoms with E-state index in [1.165, 1.54) is 0 Å². The molecule has 0 bridgehead atoms. The number of carbonyl (C=O) groups excluding carboxylic acids is 1. The van der Waals surface area contributed by atoms with Crippen LogP contribution in [-0.4, -0.2) is 32.0 Å². The second-order valence-electron chi connectivity index (χ2n) is 8.68. The van der Waals surface area contributed by atoms with Crippen molar-refractivity contribution in [1.29, 1.82) is 0 Å². The minimum absolute atomic E-state index is 0.0639. The van der Waals surface area contributed by atoms with Crippen molar-refractivity contribution in [3.8, 4) is 23.0 Å². The van der Waals surface area contributed by atoms with Gasteiger partial charge in [0.15, 0.2) is 12.4 Å². The van der Waals surface area contributed by atoms with Crippen molar-refractivity contribution in [3.63, 3.8) is 0 Å². The van der Waals surface area contributed by atoms with Gasteiger partial charge >= 0.3 is 5.97 Å². The van der Waals surface area contributed by atoms with Gasteiger partial charge in [-0.15, -0.1) is 0 Å². The Labute approximate surface area is 208 Å². The number of hydrogen-bond acceptors (Lipinski definition) is 7. The fourth-order valence-electron chi connectivity index (χ4n) is 4.90. The molecule has 0 aromatic heterocycles. The number of esters is 1. The smallest absolute Gasteiger partial charge is 0.340 e. The van der Waals surface area contributed by atoms with E-state index in [1.54, 1.807) is 31.4 Å². The van der Waals surface area contributed by atoms with Gasteiger partial charge in [-0.25, -0.2) is 4.79 Å². The summed E-state index contributed by atoms with van der Waals surface area (Å²) in [5.74, 6) is 1.36. The highest BCUT2D eigenvalue weighted by Crippen LogP contribution is 2.57. The quantitative estimate of drug-likeness (QED) is 0.289. The first-order chi connectivity index (χ1) is 17.5. The number of phenolic OH excluding ortho intramolecular Hbond substituents is 1. The molecule has 7 heteroatoms. The molecule has 7 nitrogen and oxygen atoms in total. The number of ether oxygens (including phenoxy) is 4. The molecular formula is C29H23NO6. The van der Waals surface area contributed by atoms with Crippen LogP contribution in [0.25, 0.3) is 0 Å². The lowest BCUT2D eigenvalue weighted by molar-refractivity contribution is 0.0224. The normalized spacial score (nSPS) is 17.0. The number of methoxy groups -OCH3 is 1. The van der Waals surface area contributed by atoms with Gasteiger partial charge in [0.1, 0.15) is 23.0 Å². The Morgan fingerprint density at radius 2 is 1.56 bits per heavy atom. The molecule has 0 amide bonds. The van der Waals surface area contributed by atoms with Crippen LogP contribution < -0.4 is 14.4 Å². The number of rotatable bonds is 5. The Morgan fingerprint density at radius 3 is 2.33 bits per heavy atom. The van der Waals surface area contributed by atoms with E-state index < -0.39 is 11.6 Å². The lowest BCUT2D eigenvalue weighted by Gasteiger charge is -2.37. The minimum atomic E-state index is -1.16. The molecule has 1 unspecified atom stereocenters. The fourth-order valence-corrected chi connectivity index (χ4v) is 4.90. The Kier molecular flexibility index (Phi) is 5.09. The molecule has 2 heterocycles. The SMILES string of the molecule is COCOc1ccc(N(C)c2ccc3c(c2)Oc2cc(O)ccc2C32OC(=O)c3ccccc32)cc1. The molecule has 6 rings (SSSR count). The van der Waals surface area contributed by atoms with E-state index in [-0.39, 0.29) is 12.5 Å². The summed E-state index contributed by atoms with van der Waals surface area (Å²) in [5.41, 5.74) is 3.30. The number of fused-ring (bicyclic) bond motifs is 6. The second kappa shape index (κ2) is 8.32. The molecule has 0 fully saturated rings. The van der Waals surface area contributed by atoms with Crippen LogP contribution >= 0.6 is 0 Å². The van der Waals surface area contributed by atoms with Gasteiger partial charge in [-0.3, -0.25) is 0 Å². The van der Waals surface area contributed by atoms with Crippen molar-refractivity contribution in [3.05, 3.63) is 107 Å². The first-order valence-electron chi connectivity index (χ1n) is 11.5. The Morgan fingerprint density at radius 1 is 0.861 bits per heavy atom. The summed E-state index contributed by atoms with van der Waals surface area (Å²) in [4.78, 5) is 15.0. The third-order valence-electron chi connectivity index (χ3n) is 6.64. The monoisotopic (exact) mass is 481 g/mol. The molecule has 0 saturated heterocycles. The van der Waals surface area contributed by atoms with Crippen LogP contribution in [0.4, 0.5) is 11.4 Å². The zero-order chi connectivity index (χ0) is 24.9. The van der Waals surface area contributed by atoms with Crippen LogP contribution in [0.15, 0.2) is 84.9 Å². The van der Waals surface area contributed by atoms with Crippen LogP contribution in [0.1, 0.15) is 27.0 Å². The van der Waals surface area contributed by atoms with Crippen molar-refractivity contribution in [2.45, 2.75) is 5.60 Å². The van der Waals surface area contributed by atoms with Gasteiger partial charge < -0.3 is 29.0 Å². The summed E-state index contributed by atoms with van der Waals surface area (Å²) < 4.78 is 22.9. The molecule has 4 aromatic carbocycles. The highest BCUT2D eigenvalue weighted by atomic mass is 16.7. The molecular weight excluding hydrogens is 458 g/mol. The van der Waals surface area contributed by atoms with Crippen LogP contribution in [0, 0.1) is 0 Å². The number of phenols is 1. The molecule has 2 aliphatic rings. The highest BCUT2D eigenvalue weighted by molar-refractivity contribution is 5.97. The van der Waals surface area contributed by atoms with Crippen LogP contribution in [0.5, 0.6) is 23.0 Å². The first kappa shape index (κ1) is 22.0. The number of benzene rings is 4. The summed E-state index contributed by atoms with van der Waals surface area (Å²) in [6, 6.07) is 25.7. The predicted molar refractivity (Wildman–Crippen MR) is 133 cm³/mol. The maximum Gasteiger partial charge on any atom is 0.340 e. The van der Waals surface area contributed by atoms with Gasteiger partial charge in [-0.2, -0.15) is 0 Å². The molecule has 0 saturated carbocycles. The van der Waals surface area contributed by atoms with Gasteiger partial charge in [0.2, 0.25) is 0 Å². The number of aromatic hydroxyl groups is 1. The highest BCUT2D eigenvalue weighted by Gasteiger charge is 2.53. The van der Waals surface area contributed by atoms with Gasteiger partial charge in [0.05, 0.1) is 5.56 Å². The van der Waals surface area contributed by atoms with Crippen LogP contribution in [0.2, 0.25) is 0 Å². The average Bonchev–Trinajstić information content (AvgIpc) is 3.19. The summed E-state index contributed by atoms with van der Waals surface area (Å²) in [6.07, 6.45) is 0. The summed E-state index contributed by atoms with van der Waals surface area (Å²) >= 11 is 0. The Hall–Kier alpha value is -4.49. The van der Waals surface area contributed by atoms with Crippen molar-refractivity contribution in [2.75, 3.05) is 25.9 Å². The molecule has 1 spiro atoms. The van der Waals surface area contributed by atoms with Gasteiger partial charge in [-0.1, -0.05) is 18.2 Å². The van der Waals surface area contributed by atoms with Crippen LogP contribution in [-0.2, 0) is 15.1 Å². The minimum Gasteiger partial charge on any atom is -0.508 e. The van der Waals surface area contributed by atoms with Gasteiger partial charge in [0.25, 0.3) is 0 Å². The molecule has 36 heavy (non-hydrogen) atoms. The van der Waals surface area contributed by atoms with Gasteiger partial charge in [-0.05, 0) is 54.6 Å². The number of nitrogens with zero attached hydrogens (tertiary/aromatic N) is 1. The summed E-state index contributed by atoms with van der Waals surface area (Å²) in [6.45, 7) is 0.184. The second-order valence-corrected chi connectivity index (χ2v) is 8.68. The van der Waals surface area contributed by atoms with E-state index in [0.29, 0.717) is 28.4 Å². The molecule has 180 valence electrons. The molecule has 1 N–H and O–H groups in total. The van der Waals surface area contributed by atoms with E-state index in [9.17, 15) is 9.90 Å². The maximum absolute atomic E-state index is 12.9. The predicted octanol–water partition coefficient (Wildman–Crippen LogP) is 5.71. The van der Waals surface area contributed by atoms with Gasteiger partial charge in [0, 0.05) is 54.4 Å². The van der Waals surface area contributed by atoms with Crippen molar-refractivity contribution in [1.82, 2.24) is 0 Å². The van der Waals surface area contributed by atoms with Crippen molar-refractivity contribution < 1.29 is 28.8 Å². The summed E-state index contributed by atoms with van der Waals surface area (Å²) in [7, 11) is 3.53. The summed E-state index contributed by atoms with van der Waals surface area (Å²) in [5, 5.41) is 10.2. The lowest BCUT2D eigenvalue weighted by Crippen LogP contribution is -2.33. The zero-order valence-corrected chi connectivity index (χ0v) is 19.7. The molecule has 0 radical (unpaired) electrons. The molecule has 4 aromatic rings. The standard InChI is InChI=1S/C29H23NO6/c1-30(18-7-11-21(12-8-18)34-17-33-2)19-9-13-24-26(15-19)35-27-16-20(31)10-14-25(27)29(24)23-6-4-3-5-22(23)28(32)36-29/h3-16,31H,17H2,1-2H3. The number of anilines is 2. The first-order valence-corrected chi connectivity index (χ1v) is 11.5. The van der Waals surface area contributed by atoms with Crippen molar-refractivity contribution >= 4 is 17.3 Å². The largest absolute Gasteiger partial charge is 0.508 e. The van der Waals surface area contributed by atoms with Crippen molar-refractivity contribution in [2.24, 2.45) is 0 Å². The Balaban J connectivity index is 1.45. The molecule has 0 aliphatic carbocycles. The lowest BCUT2D eigenvalue weighted by atomic mass is 9.77. The number of carbonyl (C=O) groups is 1. The third-order valence-corrected chi connectivity index (χ3v) is 6.64. The van der Waals surface area contributed by atoms with E-state index in [1.807, 2.05) is 72.6 Å². The van der Waals surface area contributed by atoms with E-state index in [0.717, 1.165) is 22.5 Å². The zero-order valence-electron chi connectivity index (χ0n) is 19.7. The third kappa shape index (κ3) is 3.28. The average molecular weight is 482 g/mol. The topological polar surface area (TPSA) is 77.5 Å². The molecule has 2 aliphatic heterocycles. The Bertz CT molecular complexity index is 1480. The van der Waals surface area contributed by atoms with Crippen LogP contribution in [0.3, 0.4) is 0 Å². The fraction of sp³-hybridized carbons (Fsp3) is 0.138. The van der Waals surface area contributed by atoms with E-state index in [4.69, 9.17) is 18.9 Å². The molecule has 1 atom stereocenters. The van der Waals surface area contributed by atoms with E-state index >= 15 is 0 Å². The maximum atomic E-state index is 12.9.